The molecule has 0 aliphatic heterocycles. The van der Waals surface area contributed by atoms with Crippen molar-refractivity contribution in [2.75, 3.05) is 0 Å². The second-order valence-corrected chi connectivity index (χ2v) is 5.55. The van der Waals surface area contributed by atoms with Crippen molar-refractivity contribution in [2.45, 2.75) is 13.3 Å². The van der Waals surface area contributed by atoms with Crippen LogP contribution in [-0.4, -0.2) is 11.6 Å². The lowest BCUT2D eigenvalue weighted by Gasteiger charge is -2.04. The first-order valence-corrected chi connectivity index (χ1v) is 7.13. The summed E-state index contributed by atoms with van der Waals surface area (Å²) in [5, 5.41) is 6.16. The van der Waals surface area contributed by atoms with Crippen LogP contribution in [0.5, 0.6) is 0 Å². The molecule has 1 amide bonds. The first-order chi connectivity index (χ1) is 9.56. The summed E-state index contributed by atoms with van der Waals surface area (Å²) in [7, 11) is 0. The minimum absolute atomic E-state index is 0.204. The highest BCUT2D eigenvalue weighted by molar-refractivity contribution is 7.10. The Morgan fingerprint density at radius 3 is 2.90 bits per heavy atom. The average Bonchev–Trinajstić information content (AvgIpc) is 2.89. The number of thiophene rings is 1. The third-order valence-corrected chi connectivity index (χ3v) is 3.77. The molecule has 0 fully saturated rings. The van der Waals surface area contributed by atoms with Gasteiger partial charge in [0.15, 0.2) is 0 Å². The van der Waals surface area contributed by atoms with Gasteiger partial charge in [0.2, 0.25) is 5.91 Å². The Hall–Kier alpha value is -1.72. The van der Waals surface area contributed by atoms with E-state index in [1.165, 1.54) is 29.5 Å². The van der Waals surface area contributed by atoms with E-state index >= 15 is 0 Å². The van der Waals surface area contributed by atoms with E-state index in [0.717, 1.165) is 4.88 Å². The van der Waals surface area contributed by atoms with Crippen molar-refractivity contribution in [3.8, 4) is 0 Å². The molecular weight excluding hydrogens is 299 g/mol. The number of rotatable bonds is 4. The predicted octanol–water partition coefficient (Wildman–Crippen LogP) is 3.62. The number of hydrazone groups is 1. The zero-order valence-corrected chi connectivity index (χ0v) is 12.3. The molecule has 0 saturated carbocycles. The molecule has 2 aromatic rings. The van der Waals surface area contributed by atoms with E-state index in [2.05, 4.69) is 10.5 Å². The Kier molecular flexibility index (Phi) is 4.87. The second-order valence-electron chi connectivity index (χ2n) is 4.11. The fraction of sp³-hybridized carbons (Fsp3) is 0.143. The number of carbonyl (C=O) groups is 1. The number of amides is 1. The molecule has 0 atom stereocenters. The molecule has 0 aliphatic carbocycles. The molecule has 1 aromatic heterocycles. The SMILES string of the molecule is C/C(=N/NC(=O)Cc1cccs1)c1ccc(F)cc1Cl. The van der Waals surface area contributed by atoms with Crippen LogP contribution in [0.4, 0.5) is 4.39 Å². The fourth-order valence-corrected chi connectivity index (χ4v) is 2.61. The number of nitrogens with one attached hydrogen (secondary N) is 1. The van der Waals surface area contributed by atoms with E-state index in [4.69, 9.17) is 11.6 Å². The van der Waals surface area contributed by atoms with Crippen LogP contribution in [-0.2, 0) is 11.2 Å². The molecule has 104 valence electrons. The molecule has 0 bridgehead atoms. The molecule has 20 heavy (non-hydrogen) atoms. The Morgan fingerprint density at radius 2 is 2.25 bits per heavy atom. The average molecular weight is 311 g/mol. The van der Waals surface area contributed by atoms with Gasteiger partial charge in [-0.15, -0.1) is 11.3 Å². The molecule has 0 unspecified atom stereocenters. The number of halogens is 2. The number of nitrogens with zero attached hydrogens (tertiary/aromatic N) is 1. The van der Waals surface area contributed by atoms with Gasteiger partial charge in [0.1, 0.15) is 5.82 Å². The predicted molar refractivity (Wildman–Crippen MR) is 79.8 cm³/mol. The summed E-state index contributed by atoms with van der Waals surface area (Å²) >= 11 is 7.44. The smallest absolute Gasteiger partial charge is 0.245 e. The summed E-state index contributed by atoms with van der Waals surface area (Å²) in [4.78, 5) is 12.6. The Balaban J connectivity index is 2.01. The van der Waals surface area contributed by atoms with Gasteiger partial charge in [-0.25, -0.2) is 9.82 Å². The van der Waals surface area contributed by atoms with Crippen LogP contribution < -0.4 is 5.43 Å². The molecular formula is C14H12ClFN2OS. The summed E-state index contributed by atoms with van der Waals surface area (Å²) < 4.78 is 12.9. The molecule has 0 radical (unpaired) electrons. The van der Waals surface area contributed by atoms with Gasteiger partial charge in [0.25, 0.3) is 0 Å². The molecule has 1 N–H and O–H groups in total. The van der Waals surface area contributed by atoms with Crippen LogP contribution in [0.3, 0.4) is 0 Å². The van der Waals surface area contributed by atoms with Crippen molar-refractivity contribution in [2.24, 2.45) is 5.10 Å². The van der Waals surface area contributed by atoms with Gasteiger partial charge in [0.05, 0.1) is 17.2 Å². The molecule has 0 saturated heterocycles. The maximum absolute atomic E-state index is 12.9. The van der Waals surface area contributed by atoms with E-state index < -0.39 is 5.82 Å². The van der Waals surface area contributed by atoms with E-state index in [1.807, 2.05) is 17.5 Å². The molecule has 0 spiro atoms. The highest BCUT2D eigenvalue weighted by Gasteiger charge is 2.07. The number of benzene rings is 1. The standard InChI is InChI=1S/C14H12ClFN2OS/c1-9(12-5-4-10(16)7-13(12)15)17-18-14(19)8-11-3-2-6-20-11/h2-7H,8H2,1H3,(H,18,19)/b17-9-. The minimum Gasteiger partial charge on any atom is -0.273 e. The zero-order valence-electron chi connectivity index (χ0n) is 10.7. The maximum Gasteiger partial charge on any atom is 0.245 e. The van der Waals surface area contributed by atoms with E-state index in [0.29, 0.717) is 11.3 Å². The fourth-order valence-electron chi connectivity index (χ4n) is 1.60. The lowest BCUT2D eigenvalue weighted by atomic mass is 10.1. The topological polar surface area (TPSA) is 41.5 Å². The Morgan fingerprint density at radius 1 is 1.45 bits per heavy atom. The maximum atomic E-state index is 12.9. The summed E-state index contributed by atoms with van der Waals surface area (Å²) in [6, 6.07) is 7.82. The molecule has 1 heterocycles. The third kappa shape index (κ3) is 3.88. The quantitative estimate of drug-likeness (QED) is 0.680. The first-order valence-electron chi connectivity index (χ1n) is 5.87. The molecule has 3 nitrogen and oxygen atoms in total. The van der Waals surface area contributed by atoms with Gasteiger partial charge in [-0.05, 0) is 36.6 Å². The lowest BCUT2D eigenvalue weighted by molar-refractivity contribution is -0.120. The van der Waals surface area contributed by atoms with Gasteiger partial charge in [-0.2, -0.15) is 5.10 Å². The normalized spacial score (nSPS) is 11.4. The van der Waals surface area contributed by atoms with Crippen LogP contribution >= 0.6 is 22.9 Å². The third-order valence-electron chi connectivity index (χ3n) is 2.58. The van der Waals surface area contributed by atoms with Gasteiger partial charge in [-0.3, -0.25) is 4.79 Å². The monoisotopic (exact) mass is 310 g/mol. The summed E-state index contributed by atoms with van der Waals surface area (Å²) in [5.74, 6) is -0.613. The minimum atomic E-state index is -0.409. The molecule has 1 aromatic carbocycles. The summed E-state index contributed by atoms with van der Waals surface area (Å²) in [6.07, 6.45) is 0.283. The Labute approximate surface area is 125 Å². The highest BCUT2D eigenvalue weighted by atomic mass is 35.5. The van der Waals surface area contributed by atoms with Gasteiger partial charge in [0, 0.05) is 10.4 Å². The van der Waals surface area contributed by atoms with Crippen molar-refractivity contribution < 1.29 is 9.18 Å². The van der Waals surface area contributed by atoms with E-state index in [1.54, 1.807) is 6.92 Å². The zero-order chi connectivity index (χ0) is 14.5. The molecule has 0 aliphatic rings. The van der Waals surface area contributed by atoms with Gasteiger partial charge < -0.3 is 0 Å². The molecule has 6 heteroatoms. The Bertz CT molecular complexity index is 641. The summed E-state index contributed by atoms with van der Waals surface area (Å²) in [5.41, 5.74) is 3.57. The highest BCUT2D eigenvalue weighted by Crippen LogP contribution is 2.17. The van der Waals surface area contributed by atoms with Crippen molar-refractivity contribution in [1.82, 2.24) is 5.43 Å². The lowest BCUT2D eigenvalue weighted by Crippen LogP contribution is -2.20. The van der Waals surface area contributed by atoms with Crippen LogP contribution in [0, 0.1) is 5.82 Å². The number of carbonyl (C=O) groups excluding carboxylic acids is 1. The van der Waals surface area contributed by atoms with Crippen LogP contribution in [0.2, 0.25) is 5.02 Å². The van der Waals surface area contributed by atoms with Crippen molar-refractivity contribution in [3.63, 3.8) is 0 Å². The van der Waals surface area contributed by atoms with Gasteiger partial charge in [-0.1, -0.05) is 17.7 Å². The van der Waals surface area contributed by atoms with Crippen molar-refractivity contribution in [1.29, 1.82) is 0 Å². The number of hydrogen-bond acceptors (Lipinski definition) is 3. The van der Waals surface area contributed by atoms with Crippen LogP contribution in [0.15, 0.2) is 40.8 Å². The van der Waals surface area contributed by atoms with Crippen molar-refractivity contribution in [3.05, 3.63) is 57.0 Å². The van der Waals surface area contributed by atoms with E-state index in [-0.39, 0.29) is 17.4 Å². The second kappa shape index (κ2) is 6.63. The summed E-state index contributed by atoms with van der Waals surface area (Å²) in [6.45, 7) is 1.70. The molecule has 2 rings (SSSR count). The van der Waals surface area contributed by atoms with Gasteiger partial charge >= 0.3 is 0 Å². The van der Waals surface area contributed by atoms with E-state index in [9.17, 15) is 9.18 Å². The first kappa shape index (κ1) is 14.7. The van der Waals surface area contributed by atoms with Crippen LogP contribution in [0.1, 0.15) is 17.4 Å². The van der Waals surface area contributed by atoms with Crippen molar-refractivity contribution >= 4 is 34.6 Å². The number of hydrogen-bond donors (Lipinski definition) is 1. The van der Waals surface area contributed by atoms with Crippen LogP contribution in [0.25, 0.3) is 0 Å². The largest absolute Gasteiger partial charge is 0.273 e.